The van der Waals surface area contributed by atoms with Crippen LogP contribution in [0.1, 0.15) is 23.7 Å². The van der Waals surface area contributed by atoms with Crippen LogP contribution in [-0.4, -0.2) is 16.9 Å². The zero-order valence-corrected chi connectivity index (χ0v) is 8.43. The third-order valence-corrected chi connectivity index (χ3v) is 2.02. The molecule has 1 N–H and O–H groups in total. The summed E-state index contributed by atoms with van der Waals surface area (Å²) in [5.41, 5.74) is 0.633. The van der Waals surface area contributed by atoms with E-state index in [1.165, 1.54) is 6.08 Å². The van der Waals surface area contributed by atoms with Crippen LogP contribution in [0.15, 0.2) is 42.0 Å². The number of benzene rings is 1. The van der Waals surface area contributed by atoms with Crippen molar-refractivity contribution in [1.29, 1.82) is 0 Å². The lowest BCUT2D eigenvalue weighted by molar-refractivity contribution is -0.132. The fourth-order valence-electron chi connectivity index (χ4n) is 1.16. The van der Waals surface area contributed by atoms with Gasteiger partial charge in [-0.15, -0.1) is 0 Å². The van der Waals surface area contributed by atoms with E-state index >= 15 is 0 Å². The first-order valence-electron chi connectivity index (χ1n) is 4.68. The molecule has 1 aromatic carbocycles. The van der Waals surface area contributed by atoms with E-state index in [0.29, 0.717) is 12.0 Å². The van der Waals surface area contributed by atoms with Crippen LogP contribution in [0.2, 0.25) is 0 Å². The van der Waals surface area contributed by atoms with E-state index < -0.39 is 5.97 Å². The van der Waals surface area contributed by atoms with Crippen molar-refractivity contribution in [3.8, 4) is 0 Å². The maximum absolute atomic E-state index is 11.6. The summed E-state index contributed by atoms with van der Waals surface area (Å²) in [6.07, 6.45) is 1.52. The average molecular weight is 204 g/mol. The Hall–Kier alpha value is -1.90. The number of carboxylic acids is 1. The first kappa shape index (κ1) is 11.2. The standard InChI is InChI=1S/C12H12O3/c1-2-9(12(14)15)8-11(13)10-6-4-3-5-7-10/h3-8H,2H2,1H3,(H,14,15). The Morgan fingerprint density at radius 1 is 1.27 bits per heavy atom. The van der Waals surface area contributed by atoms with Gasteiger partial charge in [0.2, 0.25) is 0 Å². The predicted molar refractivity (Wildman–Crippen MR) is 56.8 cm³/mol. The maximum atomic E-state index is 11.6. The number of ketones is 1. The topological polar surface area (TPSA) is 54.4 Å². The number of hydrogen-bond donors (Lipinski definition) is 1. The average Bonchev–Trinajstić information content (AvgIpc) is 2.26. The van der Waals surface area contributed by atoms with E-state index in [9.17, 15) is 9.59 Å². The molecule has 0 spiro atoms. The predicted octanol–water partition coefficient (Wildman–Crippen LogP) is 2.29. The van der Waals surface area contributed by atoms with Crippen LogP contribution in [-0.2, 0) is 4.79 Å². The molecule has 0 atom stereocenters. The van der Waals surface area contributed by atoms with E-state index in [-0.39, 0.29) is 11.4 Å². The number of carbonyl (C=O) groups is 2. The molecule has 3 heteroatoms. The molecule has 1 rings (SSSR count). The number of carboxylic acid groups (broad SMARTS) is 1. The minimum atomic E-state index is -1.04. The molecule has 1 aromatic rings. The van der Waals surface area contributed by atoms with Crippen LogP contribution in [0, 0.1) is 0 Å². The molecular formula is C12H12O3. The van der Waals surface area contributed by atoms with Gasteiger partial charge >= 0.3 is 5.97 Å². The van der Waals surface area contributed by atoms with Crippen LogP contribution < -0.4 is 0 Å². The second kappa shape index (κ2) is 5.10. The van der Waals surface area contributed by atoms with Crippen molar-refractivity contribution in [1.82, 2.24) is 0 Å². The normalized spacial score (nSPS) is 11.1. The molecule has 0 aromatic heterocycles. The Labute approximate surface area is 88.0 Å². The maximum Gasteiger partial charge on any atom is 0.331 e. The van der Waals surface area contributed by atoms with Crippen LogP contribution in [0.4, 0.5) is 0 Å². The van der Waals surface area contributed by atoms with Crippen molar-refractivity contribution in [3.63, 3.8) is 0 Å². The van der Waals surface area contributed by atoms with E-state index in [1.807, 2.05) is 0 Å². The van der Waals surface area contributed by atoms with Crippen molar-refractivity contribution in [3.05, 3.63) is 47.5 Å². The Balaban J connectivity index is 2.92. The van der Waals surface area contributed by atoms with Gasteiger partial charge in [0.05, 0.1) is 0 Å². The van der Waals surface area contributed by atoms with Gasteiger partial charge in [0, 0.05) is 11.1 Å². The fraction of sp³-hybridized carbons (Fsp3) is 0.167. The number of aliphatic carboxylic acids is 1. The molecule has 0 heterocycles. The molecule has 0 amide bonds. The highest BCUT2D eigenvalue weighted by Crippen LogP contribution is 2.06. The summed E-state index contributed by atoms with van der Waals surface area (Å²) in [7, 11) is 0. The second-order valence-corrected chi connectivity index (χ2v) is 3.06. The molecule has 15 heavy (non-hydrogen) atoms. The van der Waals surface area contributed by atoms with Crippen molar-refractivity contribution >= 4 is 11.8 Å². The highest BCUT2D eigenvalue weighted by Gasteiger charge is 2.08. The first-order valence-corrected chi connectivity index (χ1v) is 4.68. The molecule has 0 saturated carbocycles. The van der Waals surface area contributed by atoms with Crippen LogP contribution in [0.3, 0.4) is 0 Å². The van der Waals surface area contributed by atoms with Crippen molar-refractivity contribution in [2.45, 2.75) is 13.3 Å². The summed E-state index contributed by atoms with van der Waals surface area (Å²) in [5.74, 6) is -1.31. The number of allylic oxidation sites excluding steroid dienone is 1. The molecule has 3 nitrogen and oxygen atoms in total. The summed E-state index contributed by atoms with van der Waals surface area (Å²) >= 11 is 0. The summed E-state index contributed by atoms with van der Waals surface area (Å²) < 4.78 is 0. The largest absolute Gasteiger partial charge is 0.478 e. The van der Waals surface area contributed by atoms with Crippen LogP contribution in [0.5, 0.6) is 0 Å². The summed E-state index contributed by atoms with van der Waals surface area (Å²) in [6.45, 7) is 1.71. The third kappa shape index (κ3) is 3.06. The van der Waals surface area contributed by atoms with Gasteiger partial charge in [0.1, 0.15) is 0 Å². The molecule has 0 saturated heterocycles. The number of carbonyl (C=O) groups excluding carboxylic acids is 1. The Morgan fingerprint density at radius 2 is 1.87 bits per heavy atom. The molecule has 0 unspecified atom stereocenters. The zero-order chi connectivity index (χ0) is 11.3. The fourth-order valence-corrected chi connectivity index (χ4v) is 1.16. The quantitative estimate of drug-likeness (QED) is 0.604. The summed E-state index contributed by atoms with van der Waals surface area (Å²) in [5, 5.41) is 8.75. The Kier molecular flexibility index (Phi) is 3.80. The van der Waals surface area contributed by atoms with Gasteiger partial charge in [-0.1, -0.05) is 37.3 Å². The van der Waals surface area contributed by atoms with Gasteiger partial charge < -0.3 is 5.11 Å². The lowest BCUT2D eigenvalue weighted by atomic mass is 10.1. The van der Waals surface area contributed by atoms with E-state index in [0.717, 1.165) is 0 Å². The van der Waals surface area contributed by atoms with Crippen molar-refractivity contribution < 1.29 is 14.7 Å². The SMILES string of the molecule is CCC(=CC(=O)c1ccccc1)C(=O)O. The molecular weight excluding hydrogens is 192 g/mol. The molecule has 0 fully saturated rings. The van der Waals surface area contributed by atoms with Gasteiger partial charge in [0.25, 0.3) is 0 Å². The molecule has 0 aliphatic carbocycles. The smallest absolute Gasteiger partial charge is 0.331 e. The second-order valence-electron chi connectivity index (χ2n) is 3.06. The van der Waals surface area contributed by atoms with E-state index in [1.54, 1.807) is 37.3 Å². The van der Waals surface area contributed by atoms with Crippen LogP contribution >= 0.6 is 0 Å². The Morgan fingerprint density at radius 3 is 2.33 bits per heavy atom. The lowest BCUT2D eigenvalue weighted by Crippen LogP contribution is -2.03. The summed E-state index contributed by atoms with van der Waals surface area (Å²) in [4.78, 5) is 22.3. The highest BCUT2D eigenvalue weighted by atomic mass is 16.4. The van der Waals surface area contributed by atoms with E-state index in [2.05, 4.69) is 0 Å². The molecule has 78 valence electrons. The van der Waals surface area contributed by atoms with Gasteiger partial charge in [-0.05, 0) is 12.5 Å². The number of rotatable bonds is 4. The number of hydrogen-bond acceptors (Lipinski definition) is 2. The Bertz CT molecular complexity index is 391. The molecule has 0 aliphatic heterocycles. The van der Waals surface area contributed by atoms with Gasteiger partial charge in [-0.3, -0.25) is 4.79 Å². The minimum absolute atomic E-state index is 0.129. The summed E-state index contributed by atoms with van der Waals surface area (Å²) in [6, 6.07) is 8.61. The molecule has 0 bridgehead atoms. The lowest BCUT2D eigenvalue weighted by Gasteiger charge is -1.98. The minimum Gasteiger partial charge on any atom is -0.478 e. The van der Waals surface area contributed by atoms with Crippen molar-refractivity contribution in [2.75, 3.05) is 0 Å². The molecule has 0 aliphatic rings. The third-order valence-electron chi connectivity index (χ3n) is 2.02. The van der Waals surface area contributed by atoms with Gasteiger partial charge in [-0.25, -0.2) is 4.79 Å². The van der Waals surface area contributed by atoms with Gasteiger partial charge in [-0.2, -0.15) is 0 Å². The van der Waals surface area contributed by atoms with E-state index in [4.69, 9.17) is 5.11 Å². The van der Waals surface area contributed by atoms with Crippen LogP contribution in [0.25, 0.3) is 0 Å². The zero-order valence-electron chi connectivity index (χ0n) is 8.43. The molecule has 0 radical (unpaired) electrons. The monoisotopic (exact) mass is 204 g/mol. The highest BCUT2D eigenvalue weighted by molar-refractivity contribution is 6.08. The van der Waals surface area contributed by atoms with Crippen molar-refractivity contribution in [2.24, 2.45) is 0 Å². The first-order chi connectivity index (χ1) is 7.15. The van der Waals surface area contributed by atoms with Gasteiger partial charge in [0.15, 0.2) is 5.78 Å².